The van der Waals surface area contributed by atoms with E-state index in [1.807, 2.05) is 6.92 Å². The van der Waals surface area contributed by atoms with Crippen LogP contribution in [0.1, 0.15) is 11.6 Å². The quantitative estimate of drug-likeness (QED) is 0.671. The van der Waals surface area contributed by atoms with E-state index in [0.717, 1.165) is 10.4 Å². The summed E-state index contributed by atoms with van der Waals surface area (Å²) in [4.78, 5) is 23.4. The molecule has 0 unspecified atom stereocenters. The summed E-state index contributed by atoms with van der Waals surface area (Å²) in [5.74, 6) is 1.31. The summed E-state index contributed by atoms with van der Waals surface area (Å²) < 4.78 is 4.23. The lowest BCUT2D eigenvalue weighted by Crippen LogP contribution is -2.38. The van der Waals surface area contributed by atoms with Gasteiger partial charge in [-0.3, -0.25) is 9.36 Å². The topological polar surface area (TPSA) is 74.7 Å². The predicted octanol–water partition coefficient (Wildman–Crippen LogP) is -0.968. The van der Waals surface area contributed by atoms with Gasteiger partial charge in [0.05, 0.1) is 6.54 Å². The zero-order chi connectivity index (χ0) is 12.6. The molecule has 7 nitrogen and oxygen atoms in total. The van der Waals surface area contributed by atoms with Crippen molar-refractivity contribution >= 4 is 0 Å². The van der Waals surface area contributed by atoms with Crippen LogP contribution < -0.4 is 11.2 Å². The molecule has 0 N–H and O–H groups in total. The van der Waals surface area contributed by atoms with Gasteiger partial charge >= 0.3 is 5.69 Å². The summed E-state index contributed by atoms with van der Waals surface area (Å²) in [6.07, 6.45) is 1.45. The first kappa shape index (κ1) is 11.3. The van der Waals surface area contributed by atoms with Crippen LogP contribution in [0.2, 0.25) is 0 Å². The van der Waals surface area contributed by atoms with Gasteiger partial charge in [0.1, 0.15) is 5.82 Å². The Hall–Kier alpha value is -2.18. The fraction of sp³-hybridized carbons (Fsp3) is 0.400. The number of nitrogens with zero attached hydrogens (tertiary/aromatic N) is 5. The summed E-state index contributed by atoms with van der Waals surface area (Å²) in [5, 5.41) is 7.81. The lowest BCUT2D eigenvalue weighted by molar-refractivity contribution is 0.602. The Morgan fingerprint density at radius 3 is 2.53 bits per heavy atom. The molecule has 0 fully saturated rings. The number of aryl methyl sites for hydroxylation is 2. The predicted molar refractivity (Wildman–Crippen MR) is 60.8 cm³/mol. The molecule has 0 spiro atoms. The van der Waals surface area contributed by atoms with Crippen molar-refractivity contribution in [2.45, 2.75) is 13.5 Å². The van der Waals surface area contributed by atoms with Crippen molar-refractivity contribution in [1.29, 1.82) is 0 Å². The minimum atomic E-state index is -0.363. The highest BCUT2D eigenvalue weighted by molar-refractivity contribution is 4.95. The first-order chi connectivity index (χ1) is 8.00. The molecule has 2 heterocycles. The van der Waals surface area contributed by atoms with E-state index in [-0.39, 0.29) is 17.8 Å². The zero-order valence-corrected chi connectivity index (χ0v) is 9.91. The van der Waals surface area contributed by atoms with Gasteiger partial charge in [0.2, 0.25) is 0 Å². The van der Waals surface area contributed by atoms with Crippen LogP contribution in [0, 0.1) is 6.92 Å². The molecule has 0 saturated carbocycles. The van der Waals surface area contributed by atoms with Gasteiger partial charge in [0.25, 0.3) is 5.56 Å². The molecule has 0 aromatic carbocycles. The Balaban J connectivity index is 2.51. The molecular formula is C10H13N5O2. The number of rotatable bonds is 2. The molecule has 0 atom stereocenters. The first-order valence-electron chi connectivity index (χ1n) is 5.12. The van der Waals surface area contributed by atoms with Crippen molar-refractivity contribution in [2.75, 3.05) is 0 Å². The second kappa shape index (κ2) is 4.00. The maximum absolute atomic E-state index is 11.8. The molecular weight excluding hydrogens is 222 g/mol. The molecule has 0 aliphatic carbocycles. The van der Waals surface area contributed by atoms with Crippen LogP contribution in [0.5, 0.6) is 0 Å². The highest BCUT2D eigenvalue weighted by Crippen LogP contribution is 1.97. The number of hydrogen-bond acceptors (Lipinski definition) is 4. The van der Waals surface area contributed by atoms with Crippen LogP contribution in [-0.4, -0.2) is 23.9 Å². The summed E-state index contributed by atoms with van der Waals surface area (Å²) >= 11 is 0. The van der Waals surface area contributed by atoms with Gasteiger partial charge in [0, 0.05) is 26.4 Å². The third-order valence-electron chi connectivity index (χ3n) is 2.72. The van der Waals surface area contributed by atoms with E-state index in [9.17, 15) is 9.59 Å². The normalized spacial score (nSPS) is 10.8. The van der Waals surface area contributed by atoms with Crippen LogP contribution >= 0.6 is 0 Å². The Bertz CT molecular complexity index is 664. The lowest BCUT2D eigenvalue weighted by atomic mass is 10.5. The van der Waals surface area contributed by atoms with Crippen molar-refractivity contribution in [3.8, 4) is 0 Å². The minimum absolute atomic E-state index is 0.129. The second-order valence-electron chi connectivity index (χ2n) is 3.86. The molecule has 0 radical (unpaired) electrons. The van der Waals surface area contributed by atoms with E-state index in [1.165, 1.54) is 16.8 Å². The molecule has 2 aromatic heterocycles. The molecule has 0 amide bonds. The van der Waals surface area contributed by atoms with Crippen molar-refractivity contribution in [3.63, 3.8) is 0 Å². The van der Waals surface area contributed by atoms with Crippen LogP contribution in [0.15, 0.2) is 21.9 Å². The van der Waals surface area contributed by atoms with Crippen LogP contribution in [-0.2, 0) is 20.6 Å². The van der Waals surface area contributed by atoms with Gasteiger partial charge < -0.3 is 9.13 Å². The smallest absolute Gasteiger partial charge is 0.317 e. The van der Waals surface area contributed by atoms with Crippen molar-refractivity contribution in [1.82, 2.24) is 23.9 Å². The molecule has 7 heteroatoms. The average Bonchev–Trinajstić information content (AvgIpc) is 2.61. The number of hydrogen-bond donors (Lipinski definition) is 0. The Kier molecular flexibility index (Phi) is 2.66. The Morgan fingerprint density at radius 1 is 1.24 bits per heavy atom. The molecule has 90 valence electrons. The van der Waals surface area contributed by atoms with Crippen molar-refractivity contribution in [2.24, 2.45) is 14.1 Å². The van der Waals surface area contributed by atoms with E-state index < -0.39 is 0 Å². The van der Waals surface area contributed by atoms with Gasteiger partial charge in [-0.25, -0.2) is 4.79 Å². The van der Waals surface area contributed by atoms with Gasteiger partial charge in [-0.1, -0.05) is 0 Å². The SMILES string of the molecule is Cc1nnc(Cn2c(=O)ccn(C)c2=O)n1C. The largest absolute Gasteiger partial charge is 0.331 e. The zero-order valence-electron chi connectivity index (χ0n) is 9.91. The van der Waals surface area contributed by atoms with Gasteiger partial charge in [-0.15, -0.1) is 10.2 Å². The first-order valence-corrected chi connectivity index (χ1v) is 5.12. The molecule has 17 heavy (non-hydrogen) atoms. The molecule has 2 aromatic rings. The van der Waals surface area contributed by atoms with Crippen molar-refractivity contribution < 1.29 is 0 Å². The van der Waals surface area contributed by atoms with Crippen LogP contribution in [0.4, 0.5) is 0 Å². The van der Waals surface area contributed by atoms with E-state index in [0.29, 0.717) is 5.82 Å². The molecule has 0 aliphatic rings. The maximum Gasteiger partial charge on any atom is 0.331 e. The van der Waals surface area contributed by atoms with E-state index in [2.05, 4.69) is 10.2 Å². The third kappa shape index (κ3) is 1.91. The average molecular weight is 235 g/mol. The second-order valence-corrected chi connectivity index (χ2v) is 3.86. The fourth-order valence-electron chi connectivity index (χ4n) is 1.49. The summed E-state index contributed by atoms with van der Waals surface area (Å²) in [5.41, 5.74) is -0.702. The Morgan fingerprint density at radius 2 is 1.94 bits per heavy atom. The van der Waals surface area contributed by atoms with E-state index in [4.69, 9.17) is 0 Å². The summed E-state index contributed by atoms with van der Waals surface area (Å²) in [6, 6.07) is 1.35. The maximum atomic E-state index is 11.8. The Labute approximate surface area is 97.0 Å². The molecule has 0 bridgehead atoms. The fourth-order valence-corrected chi connectivity index (χ4v) is 1.49. The van der Waals surface area contributed by atoms with Crippen LogP contribution in [0.25, 0.3) is 0 Å². The summed E-state index contributed by atoms with van der Waals surface area (Å²) in [7, 11) is 3.39. The lowest BCUT2D eigenvalue weighted by Gasteiger charge is -2.06. The highest BCUT2D eigenvalue weighted by atomic mass is 16.2. The van der Waals surface area contributed by atoms with Crippen molar-refractivity contribution in [3.05, 3.63) is 44.8 Å². The molecule has 0 aliphatic heterocycles. The van der Waals surface area contributed by atoms with Gasteiger partial charge in [0.15, 0.2) is 5.82 Å². The van der Waals surface area contributed by atoms with Gasteiger partial charge in [-0.05, 0) is 6.92 Å². The van der Waals surface area contributed by atoms with Gasteiger partial charge in [-0.2, -0.15) is 0 Å². The van der Waals surface area contributed by atoms with Crippen LogP contribution in [0.3, 0.4) is 0 Å². The molecule has 0 saturated heterocycles. The van der Waals surface area contributed by atoms with E-state index >= 15 is 0 Å². The monoisotopic (exact) mass is 235 g/mol. The third-order valence-corrected chi connectivity index (χ3v) is 2.72. The van der Waals surface area contributed by atoms with E-state index in [1.54, 1.807) is 18.7 Å². The standard InChI is InChI=1S/C10H13N5O2/c1-7-11-12-8(14(7)3)6-15-9(16)4-5-13(2)10(15)17/h4-5H,6H2,1-3H3. The minimum Gasteiger partial charge on any atom is -0.317 e. The molecule has 2 rings (SSSR count). The number of aromatic nitrogens is 5. The highest BCUT2D eigenvalue weighted by Gasteiger charge is 2.09. The summed E-state index contributed by atoms with van der Waals surface area (Å²) in [6.45, 7) is 1.94.